The second kappa shape index (κ2) is 6.38. The Morgan fingerprint density at radius 3 is 2.72 bits per heavy atom. The Morgan fingerprint density at radius 1 is 1.28 bits per heavy atom. The summed E-state index contributed by atoms with van der Waals surface area (Å²) in [5.41, 5.74) is 0.457. The fourth-order valence-corrected chi connectivity index (χ4v) is 1.93. The Hall–Kier alpha value is -3.17. The Bertz CT molecular complexity index is 932. The van der Waals surface area contributed by atoms with Gasteiger partial charge in [0.05, 0.1) is 5.69 Å². The second-order valence-corrected chi connectivity index (χ2v) is 5.04. The van der Waals surface area contributed by atoms with Crippen LogP contribution in [0.15, 0.2) is 46.0 Å². The summed E-state index contributed by atoms with van der Waals surface area (Å²) in [4.78, 5) is 19.1. The molecule has 25 heavy (non-hydrogen) atoms. The predicted octanol–water partition coefficient (Wildman–Crippen LogP) is 2.43. The number of alkyl halides is 3. The lowest BCUT2D eigenvalue weighted by Gasteiger charge is -2.06. The van der Waals surface area contributed by atoms with Gasteiger partial charge in [-0.05, 0) is 24.3 Å². The molecule has 0 fully saturated rings. The highest BCUT2D eigenvalue weighted by Crippen LogP contribution is 2.29. The average molecular weight is 352 g/mol. The third-order valence-corrected chi connectivity index (χ3v) is 3.22. The first kappa shape index (κ1) is 16.7. The van der Waals surface area contributed by atoms with E-state index >= 15 is 0 Å². The van der Waals surface area contributed by atoms with E-state index in [9.17, 15) is 18.0 Å². The Morgan fingerprint density at radius 2 is 2.08 bits per heavy atom. The molecule has 3 aromatic rings. The number of pyridine rings is 2. The van der Waals surface area contributed by atoms with Crippen molar-refractivity contribution in [2.24, 2.45) is 7.05 Å². The molecule has 0 bridgehead atoms. The van der Waals surface area contributed by atoms with E-state index in [-0.39, 0.29) is 29.3 Å². The van der Waals surface area contributed by atoms with Crippen molar-refractivity contribution >= 4 is 0 Å². The molecule has 0 aliphatic heterocycles. The zero-order valence-electron chi connectivity index (χ0n) is 12.8. The average Bonchev–Trinajstić information content (AvgIpc) is 3.07. The van der Waals surface area contributed by atoms with Crippen LogP contribution in [0.5, 0.6) is 5.75 Å². The highest BCUT2D eigenvalue weighted by molar-refractivity contribution is 5.52. The van der Waals surface area contributed by atoms with Crippen LogP contribution in [0.1, 0.15) is 11.6 Å². The molecule has 0 N–H and O–H groups in total. The lowest BCUT2D eigenvalue weighted by Crippen LogP contribution is -2.18. The predicted molar refractivity (Wildman–Crippen MR) is 78.5 cm³/mol. The zero-order chi connectivity index (χ0) is 18.0. The zero-order valence-corrected chi connectivity index (χ0v) is 12.8. The summed E-state index contributed by atoms with van der Waals surface area (Å²) in [6, 6.07) is 6.22. The summed E-state index contributed by atoms with van der Waals surface area (Å²) in [7, 11) is 1.60. The summed E-state index contributed by atoms with van der Waals surface area (Å²) in [5, 5.41) is 3.28. The number of hydrogen-bond acceptors (Lipinski definition) is 6. The van der Waals surface area contributed by atoms with Crippen LogP contribution in [0.2, 0.25) is 0 Å². The fraction of sp³-hybridized carbons (Fsp3) is 0.200. The van der Waals surface area contributed by atoms with E-state index < -0.39 is 12.1 Å². The van der Waals surface area contributed by atoms with Gasteiger partial charge in [0.25, 0.3) is 5.56 Å². The number of aromatic nitrogens is 4. The SMILES string of the molecule is Cn1cccc(OCc2ccc(-c3noc(C(F)(F)F)n3)cn2)c1=O. The Labute approximate surface area is 138 Å². The number of hydrogen-bond donors (Lipinski definition) is 0. The van der Waals surface area contributed by atoms with Crippen molar-refractivity contribution in [3.05, 3.63) is 58.6 Å². The van der Waals surface area contributed by atoms with Gasteiger partial charge in [-0.1, -0.05) is 5.16 Å². The molecule has 0 saturated carbocycles. The van der Waals surface area contributed by atoms with E-state index in [4.69, 9.17) is 4.74 Å². The standard InChI is InChI=1S/C15H11F3N4O3/c1-22-6-2-3-11(13(22)23)24-8-10-5-4-9(7-19-10)12-20-14(25-21-12)15(16,17)18/h2-7H,8H2,1H3. The molecule has 0 spiro atoms. The maximum absolute atomic E-state index is 12.4. The molecule has 0 aliphatic carbocycles. The summed E-state index contributed by atoms with van der Waals surface area (Å²) in [6.45, 7) is 0.0274. The van der Waals surface area contributed by atoms with Crippen LogP contribution < -0.4 is 10.3 Å². The number of aryl methyl sites for hydroxylation is 1. The van der Waals surface area contributed by atoms with Crippen LogP contribution in [-0.2, 0) is 19.8 Å². The second-order valence-electron chi connectivity index (χ2n) is 5.04. The Balaban J connectivity index is 1.71. The minimum atomic E-state index is -4.70. The molecule has 3 rings (SSSR count). The van der Waals surface area contributed by atoms with Crippen LogP contribution >= 0.6 is 0 Å². The lowest BCUT2D eigenvalue weighted by molar-refractivity contribution is -0.159. The van der Waals surface area contributed by atoms with E-state index in [0.717, 1.165) is 0 Å². The largest absolute Gasteiger partial charge is 0.482 e. The number of rotatable bonds is 4. The first-order valence-corrected chi connectivity index (χ1v) is 6.99. The van der Waals surface area contributed by atoms with Gasteiger partial charge in [0.1, 0.15) is 6.61 Å². The van der Waals surface area contributed by atoms with Crippen LogP contribution in [0.4, 0.5) is 13.2 Å². The molecule has 130 valence electrons. The van der Waals surface area contributed by atoms with Crippen LogP contribution in [-0.4, -0.2) is 19.7 Å². The summed E-state index contributed by atoms with van der Waals surface area (Å²) in [6.07, 6.45) is -1.80. The fourth-order valence-electron chi connectivity index (χ4n) is 1.93. The molecular weight excluding hydrogens is 341 g/mol. The van der Waals surface area contributed by atoms with Crippen molar-refractivity contribution in [3.63, 3.8) is 0 Å². The molecule has 0 aromatic carbocycles. The number of ether oxygens (including phenoxy) is 1. The third kappa shape index (κ3) is 3.67. The summed E-state index contributed by atoms with van der Waals surface area (Å²) >= 11 is 0. The highest BCUT2D eigenvalue weighted by atomic mass is 19.4. The van der Waals surface area contributed by atoms with Gasteiger partial charge in [-0.25, -0.2) is 0 Å². The maximum atomic E-state index is 12.4. The smallest absolute Gasteiger partial charge is 0.471 e. The monoisotopic (exact) mass is 352 g/mol. The van der Waals surface area contributed by atoms with Gasteiger partial charge in [0.2, 0.25) is 5.82 Å². The van der Waals surface area contributed by atoms with Crippen molar-refractivity contribution in [1.82, 2.24) is 19.7 Å². The van der Waals surface area contributed by atoms with Crippen molar-refractivity contribution < 1.29 is 22.4 Å². The normalized spacial score (nSPS) is 11.5. The molecule has 3 aromatic heterocycles. The molecule has 0 atom stereocenters. The molecule has 7 nitrogen and oxygen atoms in total. The van der Waals surface area contributed by atoms with E-state index in [1.807, 2.05) is 0 Å². The maximum Gasteiger partial charge on any atom is 0.471 e. The quantitative estimate of drug-likeness (QED) is 0.717. The van der Waals surface area contributed by atoms with Gasteiger partial charge >= 0.3 is 12.1 Å². The molecule has 10 heteroatoms. The molecular formula is C15H11F3N4O3. The molecule has 0 radical (unpaired) electrons. The van der Waals surface area contributed by atoms with E-state index in [1.165, 1.54) is 29.0 Å². The van der Waals surface area contributed by atoms with Crippen molar-refractivity contribution in [1.29, 1.82) is 0 Å². The van der Waals surface area contributed by atoms with Crippen molar-refractivity contribution in [2.75, 3.05) is 0 Å². The highest BCUT2D eigenvalue weighted by Gasteiger charge is 2.38. The van der Waals surface area contributed by atoms with E-state index in [0.29, 0.717) is 5.69 Å². The number of halogens is 3. The van der Waals surface area contributed by atoms with Gasteiger partial charge in [0, 0.05) is 25.0 Å². The molecule has 0 aliphatic rings. The van der Waals surface area contributed by atoms with Crippen LogP contribution in [0.3, 0.4) is 0 Å². The van der Waals surface area contributed by atoms with Gasteiger partial charge in [-0.3, -0.25) is 9.78 Å². The third-order valence-electron chi connectivity index (χ3n) is 3.22. The molecule has 0 saturated heterocycles. The van der Waals surface area contributed by atoms with Gasteiger partial charge in [-0.15, -0.1) is 0 Å². The van der Waals surface area contributed by atoms with E-state index in [2.05, 4.69) is 19.6 Å². The Kier molecular flexibility index (Phi) is 4.26. The number of nitrogens with zero attached hydrogens (tertiary/aromatic N) is 4. The molecule has 3 heterocycles. The summed E-state index contributed by atoms with van der Waals surface area (Å²) in [5.74, 6) is -1.47. The van der Waals surface area contributed by atoms with Gasteiger partial charge in [0.15, 0.2) is 5.75 Å². The topological polar surface area (TPSA) is 83.0 Å². The molecule has 0 unspecified atom stereocenters. The first-order valence-electron chi connectivity index (χ1n) is 6.99. The van der Waals surface area contributed by atoms with Crippen LogP contribution in [0.25, 0.3) is 11.4 Å². The van der Waals surface area contributed by atoms with Gasteiger partial charge in [-0.2, -0.15) is 18.2 Å². The lowest BCUT2D eigenvalue weighted by atomic mass is 10.2. The van der Waals surface area contributed by atoms with Crippen LogP contribution in [0, 0.1) is 0 Å². The van der Waals surface area contributed by atoms with E-state index in [1.54, 1.807) is 19.3 Å². The minimum Gasteiger partial charge on any atom is -0.482 e. The minimum absolute atomic E-state index is 0.0274. The first-order chi connectivity index (χ1) is 11.8. The van der Waals surface area contributed by atoms with Crippen molar-refractivity contribution in [3.8, 4) is 17.1 Å². The summed E-state index contributed by atoms with van der Waals surface area (Å²) < 4.78 is 48.3. The van der Waals surface area contributed by atoms with Crippen molar-refractivity contribution in [2.45, 2.75) is 12.8 Å². The molecule has 0 amide bonds. The van der Waals surface area contributed by atoms with Gasteiger partial charge < -0.3 is 13.8 Å².